The van der Waals surface area contributed by atoms with Crippen LogP contribution < -0.4 is 21.7 Å². The zero-order valence-electron chi connectivity index (χ0n) is 17.4. The Kier molecular flexibility index (Phi) is 8.27. The summed E-state index contributed by atoms with van der Waals surface area (Å²) in [6.45, 7) is 0.784. The third kappa shape index (κ3) is 6.59. The molecule has 0 spiro atoms. The quantitative estimate of drug-likeness (QED) is 0.533. The normalized spacial score (nSPS) is 15.2. The Balaban J connectivity index is 1.59. The monoisotopic (exact) mass is 408 g/mol. The highest BCUT2D eigenvalue weighted by Crippen LogP contribution is 2.27. The number of carbonyl (C=O) groups excluding carboxylic acids is 2. The predicted octanol–water partition coefficient (Wildman–Crippen LogP) is 3.89. The van der Waals surface area contributed by atoms with E-state index in [0.29, 0.717) is 31.1 Å². The topological polar surface area (TPSA) is 96.2 Å². The van der Waals surface area contributed by atoms with E-state index in [9.17, 15) is 9.59 Å². The van der Waals surface area contributed by atoms with Crippen LogP contribution in [0.15, 0.2) is 54.6 Å². The van der Waals surface area contributed by atoms with E-state index in [4.69, 9.17) is 5.73 Å². The fraction of sp³-hybridized carbons (Fsp3) is 0.417. The van der Waals surface area contributed by atoms with Crippen LogP contribution >= 0.6 is 0 Å². The lowest BCUT2D eigenvalue weighted by atomic mass is 9.84. The smallest absolute Gasteiger partial charge is 0.319 e. The molecular formula is C24H32N4O2. The number of anilines is 1. The lowest BCUT2D eigenvalue weighted by molar-refractivity contribution is -0.123. The number of hydrogen-bond donors (Lipinski definition) is 4. The summed E-state index contributed by atoms with van der Waals surface area (Å²) < 4.78 is 0. The number of urea groups is 1. The van der Waals surface area contributed by atoms with Gasteiger partial charge in [-0.15, -0.1) is 0 Å². The first kappa shape index (κ1) is 21.8. The minimum absolute atomic E-state index is 0.166. The number of hydrogen-bond acceptors (Lipinski definition) is 3. The van der Waals surface area contributed by atoms with Crippen molar-refractivity contribution in [3.8, 4) is 11.1 Å². The van der Waals surface area contributed by atoms with Gasteiger partial charge in [0.1, 0.15) is 6.04 Å². The molecule has 0 radical (unpaired) electrons. The Morgan fingerprint density at radius 1 is 0.933 bits per heavy atom. The van der Waals surface area contributed by atoms with E-state index in [1.54, 1.807) is 0 Å². The fourth-order valence-corrected chi connectivity index (χ4v) is 4.01. The average Bonchev–Trinajstić information content (AvgIpc) is 2.79. The van der Waals surface area contributed by atoms with E-state index in [1.807, 2.05) is 54.6 Å². The third-order valence-electron chi connectivity index (χ3n) is 5.61. The van der Waals surface area contributed by atoms with Gasteiger partial charge >= 0.3 is 6.03 Å². The molecule has 6 nitrogen and oxygen atoms in total. The first-order valence-corrected chi connectivity index (χ1v) is 10.9. The highest BCUT2D eigenvalue weighted by molar-refractivity contribution is 5.93. The molecule has 1 atom stereocenters. The average molecular weight is 409 g/mol. The van der Waals surface area contributed by atoms with Gasteiger partial charge in [0, 0.05) is 18.8 Å². The second kappa shape index (κ2) is 11.4. The number of amides is 3. The number of nitrogens with one attached hydrogen (secondary N) is 3. The Bertz CT molecular complexity index is 802. The van der Waals surface area contributed by atoms with Gasteiger partial charge in [-0.05, 0) is 35.6 Å². The summed E-state index contributed by atoms with van der Waals surface area (Å²) in [6, 6.07) is 16.8. The molecule has 3 rings (SSSR count). The molecule has 2 aromatic rings. The van der Waals surface area contributed by atoms with Crippen molar-refractivity contribution in [1.29, 1.82) is 0 Å². The second-order valence-corrected chi connectivity index (χ2v) is 7.91. The van der Waals surface area contributed by atoms with E-state index in [-0.39, 0.29) is 11.9 Å². The van der Waals surface area contributed by atoms with Crippen LogP contribution in [0.1, 0.15) is 38.5 Å². The predicted molar refractivity (Wildman–Crippen MR) is 121 cm³/mol. The molecule has 1 aliphatic rings. The summed E-state index contributed by atoms with van der Waals surface area (Å²) in [7, 11) is 0. The minimum atomic E-state index is -0.553. The zero-order chi connectivity index (χ0) is 21.2. The van der Waals surface area contributed by atoms with Crippen molar-refractivity contribution in [2.45, 2.75) is 44.6 Å². The summed E-state index contributed by atoms with van der Waals surface area (Å²) in [5.74, 6) is 0.304. The molecule has 0 bridgehead atoms. The van der Waals surface area contributed by atoms with Crippen molar-refractivity contribution in [3.05, 3.63) is 54.6 Å². The number of benzene rings is 2. The van der Waals surface area contributed by atoms with Gasteiger partial charge in [0.25, 0.3) is 0 Å². The van der Waals surface area contributed by atoms with Crippen LogP contribution in [-0.4, -0.2) is 31.1 Å². The summed E-state index contributed by atoms with van der Waals surface area (Å²) >= 11 is 0. The van der Waals surface area contributed by atoms with Crippen molar-refractivity contribution in [2.75, 3.05) is 18.4 Å². The number of nitrogens with two attached hydrogens (primary N) is 1. The van der Waals surface area contributed by atoms with Gasteiger partial charge < -0.3 is 21.7 Å². The maximum absolute atomic E-state index is 12.6. The molecule has 1 aliphatic carbocycles. The summed E-state index contributed by atoms with van der Waals surface area (Å²) in [6.07, 6.45) is 6.55. The van der Waals surface area contributed by atoms with Crippen LogP contribution in [0.4, 0.5) is 10.5 Å². The minimum Gasteiger partial charge on any atom is -0.353 e. The summed E-state index contributed by atoms with van der Waals surface area (Å²) in [4.78, 5) is 25.1. The Morgan fingerprint density at radius 2 is 1.60 bits per heavy atom. The molecule has 1 saturated carbocycles. The molecule has 0 unspecified atom stereocenters. The molecule has 1 fully saturated rings. The van der Waals surface area contributed by atoms with Gasteiger partial charge in [0.15, 0.2) is 0 Å². The molecule has 160 valence electrons. The van der Waals surface area contributed by atoms with Gasteiger partial charge in [-0.3, -0.25) is 4.79 Å². The van der Waals surface area contributed by atoms with E-state index < -0.39 is 6.04 Å². The van der Waals surface area contributed by atoms with Crippen molar-refractivity contribution in [3.63, 3.8) is 0 Å². The molecule has 5 N–H and O–H groups in total. The van der Waals surface area contributed by atoms with Crippen LogP contribution in [-0.2, 0) is 4.79 Å². The Hall–Kier alpha value is -2.86. The highest BCUT2D eigenvalue weighted by atomic mass is 16.2. The molecule has 0 heterocycles. The zero-order valence-corrected chi connectivity index (χ0v) is 17.4. The van der Waals surface area contributed by atoms with Crippen molar-refractivity contribution < 1.29 is 9.59 Å². The maximum Gasteiger partial charge on any atom is 0.319 e. The molecule has 6 heteroatoms. The maximum atomic E-state index is 12.6. The van der Waals surface area contributed by atoms with Gasteiger partial charge in [-0.2, -0.15) is 0 Å². The van der Waals surface area contributed by atoms with Crippen LogP contribution in [0.2, 0.25) is 0 Å². The van der Waals surface area contributed by atoms with E-state index >= 15 is 0 Å². The van der Waals surface area contributed by atoms with Crippen LogP contribution in [0.3, 0.4) is 0 Å². The lowest BCUT2D eigenvalue weighted by Crippen LogP contribution is -2.49. The van der Waals surface area contributed by atoms with Gasteiger partial charge in [0.2, 0.25) is 5.91 Å². The first-order chi connectivity index (χ1) is 14.7. The van der Waals surface area contributed by atoms with Crippen molar-refractivity contribution >= 4 is 17.6 Å². The van der Waals surface area contributed by atoms with Gasteiger partial charge in [-0.25, -0.2) is 4.79 Å². The van der Waals surface area contributed by atoms with Gasteiger partial charge in [0.05, 0.1) is 0 Å². The fourth-order valence-electron chi connectivity index (χ4n) is 4.01. The van der Waals surface area contributed by atoms with E-state index in [0.717, 1.165) is 24.0 Å². The van der Waals surface area contributed by atoms with E-state index in [2.05, 4.69) is 16.0 Å². The first-order valence-electron chi connectivity index (χ1n) is 10.9. The van der Waals surface area contributed by atoms with Crippen LogP contribution in [0.5, 0.6) is 0 Å². The SMILES string of the molecule is NCCNC(=O)[C@H](CC1CCCCC1)NC(=O)Nc1ccc(-c2ccccc2)cc1. The molecule has 2 aromatic carbocycles. The van der Waals surface area contributed by atoms with Crippen molar-refractivity contribution in [2.24, 2.45) is 11.7 Å². The number of carbonyl (C=O) groups is 2. The molecule has 0 aliphatic heterocycles. The molecular weight excluding hydrogens is 376 g/mol. The molecule has 0 aromatic heterocycles. The summed E-state index contributed by atoms with van der Waals surface area (Å²) in [5, 5.41) is 8.52. The van der Waals surface area contributed by atoms with Crippen LogP contribution in [0.25, 0.3) is 11.1 Å². The lowest BCUT2D eigenvalue weighted by Gasteiger charge is -2.26. The largest absolute Gasteiger partial charge is 0.353 e. The van der Waals surface area contributed by atoms with Crippen LogP contribution in [0, 0.1) is 5.92 Å². The van der Waals surface area contributed by atoms with Crippen molar-refractivity contribution in [1.82, 2.24) is 10.6 Å². The molecule has 0 saturated heterocycles. The third-order valence-corrected chi connectivity index (χ3v) is 5.61. The van der Waals surface area contributed by atoms with Gasteiger partial charge in [-0.1, -0.05) is 74.6 Å². The highest BCUT2D eigenvalue weighted by Gasteiger charge is 2.25. The van der Waals surface area contributed by atoms with E-state index in [1.165, 1.54) is 19.3 Å². The standard InChI is InChI=1S/C24H32N4O2/c25-15-16-26-23(29)22(17-18-7-3-1-4-8-18)28-24(30)27-21-13-11-20(12-14-21)19-9-5-2-6-10-19/h2,5-6,9-14,18,22H,1,3-4,7-8,15-17,25H2,(H,26,29)(H2,27,28,30)/t22-/m0/s1. The number of rotatable bonds is 8. The molecule has 30 heavy (non-hydrogen) atoms. The molecule has 3 amide bonds. The second-order valence-electron chi connectivity index (χ2n) is 7.91. The Labute approximate surface area is 178 Å². The summed E-state index contributed by atoms with van der Waals surface area (Å²) in [5.41, 5.74) is 8.39. The Morgan fingerprint density at radius 3 is 2.27 bits per heavy atom.